The Morgan fingerprint density at radius 1 is 1.42 bits per heavy atom. The van der Waals surface area contributed by atoms with Crippen LogP contribution in [0.3, 0.4) is 0 Å². The third kappa shape index (κ3) is 3.12. The van der Waals surface area contributed by atoms with Gasteiger partial charge < -0.3 is 4.90 Å². The summed E-state index contributed by atoms with van der Waals surface area (Å²) < 4.78 is 22.6. The van der Waals surface area contributed by atoms with Gasteiger partial charge in [0.05, 0.1) is 11.5 Å². The molecule has 2 unspecified atom stereocenters. The number of carbonyl (C=O) groups excluding carboxylic acids is 3. The number of imide groups is 1. The number of amides is 3. The van der Waals surface area contributed by atoms with Gasteiger partial charge in [0.2, 0.25) is 17.7 Å². The third-order valence-electron chi connectivity index (χ3n) is 3.53. The molecule has 106 valence electrons. The molecule has 0 aliphatic carbocycles. The van der Waals surface area contributed by atoms with Crippen molar-refractivity contribution >= 4 is 27.6 Å². The minimum absolute atomic E-state index is 0.0150. The molecule has 2 rings (SSSR count). The van der Waals surface area contributed by atoms with Crippen molar-refractivity contribution in [3.05, 3.63) is 0 Å². The molecule has 1 N–H and O–H groups in total. The maximum Gasteiger partial charge on any atom is 0.249 e. The van der Waals surface area contributed by atoms with Gasteiger partial charge in [-0.2, -0.15) is 0 Å². The Morgan fingerprint density at radius 2 is 2.11 bits per heavy atom. The van der Waals surface area contributed by atoms with E-state index in [0.29, 0.717) is 6.42 Å². The van der Waals surface area contributed by atoms with Crippen LogP contribution in [0.15, 0.2) is 0 Å². The van der Waals surface area contributed by atoms with E-state index in [0.717, 1.165) is 0 Å². The van der Waals surface area contributed by atoms with Crippen LogP contribution in [0.5, 0.6) is 0 Å². The van der Waals surface area contributed by atoms with Crippen LogP contribution >= 0.6 is 0 Å². The number of nitrogens with zero attached hydrogens (tertiary/aromatic N) is 1. The predicted octanol–water partition coefficient (Wildman–Crippen LogP) is -1.32. The van der Waals surface area contributed by atoms with Gasteiger partial charge >= 0.3 is 0 Å². The maximum absolute atomic E-state index is 12.1. The molecule has 2 aliphatic heterocycles. The molecule has 0 spiro atoms. The molecule has 8 heteroatoms. The highest BCUT2D eigenvalue weighted by atomic mass is 32.2. The molecule has 19 heavy (non-hydrogen) atoms. The lowest BCUT2D eigenvalue weighted by molar-refractivity contribution is -0.149. The summed E-state index contributed by atoms with van der Waals surface area (Å²) in [5, 5.41) is 2.15. The molecular weight excluding hydrogens is 272 g/mol. The van der Waals surface area contributed by atoms with Crippen LogP contribution in [0.4, 0.5) is 0 Å². The highest BCUT2D eigenvalue weighted by Crippen LogP contribution is 2.23. The Morgan fingerprint density at radius 3 is 2.68 bits per heavy atom. The van der Waals surface area contributed by atoms with Gasteiger partial charge in [0.15, 0.2) is 9.84 Å². The average Bonchev–Trinajstić information content (AvgIpc) is 2.63. The SMILES string of the molecule is CC1C(=O)NC(=O)CN1C(=O)CC1CCS(=O)(=O)C1. The Balaban J connectivity index is 2.00. The lowest BCUT2D eigenvalue weighted by Crippen LogP contribution is -2.58. The van der Waals surface area contributed by atoms with E-state index >= 15 is 0 Å². The van der Waals surface area contributed by atoms with Gasteiger partial charge in [-0.1, -0.05) is 0 Å². The first kappa shape index (κ1) is 14.0. The molecule has 0 aromatic rings. The van der Waals surface area contributed by atoms with Gasteiger partial charge in [0.25, 0.3) is 0 Å². The molecule has 2 atom stereocenters. The molecule has 0 bridgehead atoms. The molecule has 2 saturated heterocycles. The lowest BCUT2D eigenvalue weighted by Gasteiger charge is -2.32. The summed E-state index contributed by atoms with van der Waals surface area (Å²) in [6, 6.07) is -0.691. The van der Waals surface area contributed by atoms with E-state index in [4.69, 9.17) is 0 Å². The van der Waals surface area contributed by atoms with Gasteiger partial charge in [0, 0.05) is 6.42 Å². The second kappa shape index (κ2) is 4.92. The zero-order valence-electron chi connectivity index (χ0n) is 10.6. The van der Waals surface area contributed by atoms with Crippen LogP contribution in [0, 0.1) is 5.92 Å². The first-order valence-electron chi connectivity index (χ1n) is 6.12. The van der Waals surface area contributed by atoms with Gasteiger partial charge in [-0.25, -0.2) is 8.42 Å². The van der Waals surface area contributed by atoms with E-state index in [-0.39, 0.29) is 36.3 Å². The topological polar surface area (TPSA) is 101 Å². The van der Waals surface area contributed by atoms with Gasteiger partial charge in [-0.05, 0) is 19.3 Å². The molecule has 3 amide bonds. The average molecular weight is 288 g/mol. The van der Waals surface area contributed by atoms with E-state index in [9.17, 15) is 22.8 Å². The van der Waals surface area contributed by atoms with E-state index in [1.54, 1.807) is 6.92 Å². The fourth-order valence-electron chi connectivity index (χ4n) is 2.42. The van der Waals surface area contributed by atoms with Crippen molar-refractivity contribution in [2.24, 2.45) is 5.92 Å². The van der Waals surface area contributed by atoms with Crippen molar-refractivity contribution in [3.8, 4) is 0 Å². The zero-order chi connectivity index (χ0) is 14.2. The molecule has 0 saturated carbocycles. The number of nitrogens with one attached hydrogen (secondary N) is 1. The second-order valence-electron chi connectivity index (χ2n) is 5.08. The van der Waals surface area contributed by atoms with Crippen LogP contribution in [0.25, 0.3) is 0 Å². The van der Waals surface area contributed by atoms with Gasteiger partial charge in [0.1, 0.15) is 12.6 Å². The molecule has 2 heterocycles. The Kier molecular flexibility index (Phi) is 3.62. The fourth-order valence-corrected chi connectivity index (χ4v) is 4.28. The normalized spacial score (nSPS) is 30.3. The van der Waals surface area contributed by atoms with E-state index in [1.807, 2.05) is 0 Å². The molecule has 0 aromatic heterocycles. The van der Waals surface area contributed by atoms with E-state index in [2.05, 4.69) is 5.32 Å². The van der Waals surface area contributed by atoms with Crippen LogP contribution < -0.4 is 5.32 Å². The largest absolute Gasteiger partial charge is 0.322 e. The molecular formula is C11H16N2O5S. The number of hydrogen-bond donors (Lipinski definition) is 1. The van der Waals surface area contributed by atoms with Gasteiger partial charge in [-0.3, -0.25) is 19.7 Å². The van der Waals surface area contributed by atoms with Crippen molar-refractivity contribution in [2.75, 3.05) is 18.1 Å². The van der Waals surface area contributed by atoms with Crippen molar-refractivity contribution in [2.45, 2.75) is 25.8 Å². The summed E-state index contributed by atoms with van der Waals surface area (Å²) in [5.41, 5.74) is 0. The van der Waals surface area contributed by atoms with Gasteiger partial charge in [-0.15, -0.1) is 0 Å². The van der Waals surface area contributed by atoms with E-state index in [1.165, 1.54) is 4.90 Å². The van der Waals surface area contributed by atoms with Crippen LogP contribution in [0.1, 0.15) is 19.8 Å². The molecule has 2 fully saturated rings. The predicted molar refractivity (Wildman–Crippen MR) is 65.7 cm³/mol. The first-order chi connectivity index (χ1) is 8.78. The van der Waals surface area contributed by atoms with Crippen molar-refractivity contribution in [3.63, 3.8) is 0 Å². The van der Waals surface area contributed by atoms with Crippen molar-refractivity contribution in [1.82, 2.24) is 10.2 Å². The monoisotopic (exact) mass is 288 g/mol. The number of rotatable bonds is 2. The van der Waals surface area contributed by atoms with Crippen molar-refractivity contribution in [1.29, 1.82) is 0 Å². The second-order valence-corrected chi connectivity index (χ2v) is 7.31. The number of piperazine rings is 1. The summed E-state index contributed by atoms with van der Waals surface area (Å²) >= 11 is 0. The van der Waals surface area contributed by atoms with E-state index < -0.39 is 27.7 Å². The number of hydrogen-bond acceptors (Lipinski definition) is 5. The summed E-state index contributed by atoms with van der Waals surface area (Å²) in [6.07, 6.45) is 0.542. The first-order valence-corrected chi connectivity index (χ1v) is 7.94. The highest BCUT2D eigenvalue weighted by Gasteiger charge is 2.36. The number of carbonyl (C=O) groups is 3. The Labute approximate surface area is 111 Å². The Hall–Kier alpha value is -1.44. The van der Waals surface area contributed by atoms with Crippen LogP contribution in [-0.4, -0.2) is 55.1 Å². The highest BCUT2D eigenvalue weighted by molar-refractivity contribution is 7.91. The smallest absolute Gasteiger partial charge is 0.249 e. The molecule has 0 radical (unpaired) electrons. The Bertz CT molecular complexity index is 527. The van der Waals surface area contributed by atoms with Crippen molar-refractivity contribution < 1.29 is 22.8 Å². The summed E-state index contributed by atoms with van der Waals surface area (Å²) in [5.74, 6) is -1.41. The van der Waals surface area contributed by atoms with Crippen LogP contribution in [0.2, 0.25) is 0 Å². The molecule has 2 aliphatic rings. The fraction of sp³-hybridized carbons (Fsp3) is 0.727. The molecule has 0 aromatic carbocycles. The molecule has 7 nitrogen and oxygen atoms in total. The third-order valence-corrected chi connectivity index (χ3v) is 5.37. The quantitative estimate of drug-likeness (QED) is 0.635. The summed E-state index contributed by atoms with van der Waals surface area (Å²) in [6.45, 7) is 1.40. The standard InChI is InChI=1S/C11H16N2O5S/c1-7-11(16)12-9(14)5-13(7)10(15)4-8-2-3-19(17,18)6-8/h7-8H,2-6H2,1H3,(H,12,14,16). The summed E-state index contributed by atoms with van der Waals surface area (Å²) in [7, 11) is -3.02. The lowest BCUT2D eigenvalue weighted by atomic mass is 10.0. The minimum Gasteiger partial charge on any atom is -0.322 e. The number of sulfone groups is 1. The van der Waals surface area contributed by atoms with Crippen LogP contribution in [-0.2, 0) is 24.2 Å². The summed E-state index contributed by atoms with van der Waals surface area (Å²) in [4.78, 5) is 36.0. The minimum atomic E-state index is -3.02. The zero-order valence-corrected chi connectivity index (χ0v) is 11.4. The maximum atomic E-state index is 12.1.